The number of nitrogens with zero attached hydrogens (tertiary/aromatic N) is 3. The molecule has 1 amide bonds. The Morgan fingerprint density at radius 3 is 2.44 bits per heavy atom. The molecule has 1 fully saturated rings. The van der Waals surface area contributed by atoms with Crippen LogP contribution in [-0.2, 0) is 14.3 Å². The van der Waals surface area contributed by atoms with Crippen molar-refractivity contribution in [2.24, 2.45) is 11.0 Å². The van der Waals surface area contributed by atoms with E-state index in [0.29, 0.717) is 50.2 Å². The zero-order chi connectivity index (χ0) is 24.1. The monoisotopic (exact) mass is 467 g/mol. The van der Waals surface area contributed by atoms with Crippen molar-refractivity contribution in [3.8, 4) is 5.75 Å². The number of hydrogen-bond donors (Lipinski definition) is 0. The first-order valence-corrected chi connectivity index (χ1v) is 11.7. The maximum Gasteiger partial charge on any atom is 0.309 e. The Morgan fingerprint density at radius 1 is 1.09 bits per heavy atom. The van der Waals surface area contributed by atoms with E-state index in [1.807, 2.05) is 29.2 Å². The van der Waals surface area contributed by atoms with E-state index in [-0.39, 0.29) is 36.2 Å². The van der Waals surface area contributed by atoms with E-state index in [4.69, 9.17) is 9.47 Å². The molecule has 0 aromatic heterocycles. The molecule has 2 heterocycles. The highest BCUT2D eigenvalue weighted by Gasteiger charge is 2.35. The predicted octanol–water partition coefficient (Wildman–Crippen LogP) is 3.79. The van der Waals surface area contributed by atoms with E-state index in [1.165, 1.54) is 11.1 Å². The third-order valence-corrected chi connectivity index (χ3v) is 6.42. The van der Waals surface area contributed by atoms with Crippen molar-refractivity contribution in [3.05, 3.63) is 65.5 Å². The Kier molecular flexibility index (Phi) is 7.57. The zero-order valence-electron chi connectivity index (χ0n) is 19.6. The third-order valence-electron chi connectivity index (χ3n) is 6.42. The number of amides is 1. The lowest BCUT2D eigenvalue weighted by Gasteiger charge is -2.32. The van der Waals surface area contributed by atoms with Crippen LogP contribution in [0, 0.1) is 11.7 Å². The molecule has 1 saturated heterocycles. The standard InChI is InChI=1S/C26H30FN3O4/c1-3-34-26(32)19-12-14-29(15-13-19)17-25(31)30-24(18-8-10-20(33-2)11-9-18)16-23(28-30)21-6-4-5-7-22(21)27/h4-11,19,24H,3,12-17H2,1-2H3/t24-/m0/s1. The van der Waals surface area contributed by atoms with Crippen molar-refractivity contribution in [1.29, 1.82) is 0 Å². The molecule has 0 unspecified atom stereocenters. The molecular weight excluding hydrogens is 437 g/mol. The Morgan fingerprint density at radius 2 is 1.79 bits per heavy atom. The van der Waals surface area contributed by atoms with Crippen LogP contribution in [-0.4, -0.2) is 60.8 Å². The zero-order valence-corrected chi connectivity index (χ0v) is 19.6. The molecule has 180 valence electrons. The number of rotatable bonds is 7. The van der Waals surface area contributed by atoms with Crippen LogP contribution in [0.2, 0.25) is 0 Å². The van der Waals surface area contributed by atoms with Gasteiger partial charge in [0.15, 0.2) is 0 Å². The highest BCUT2D eigenvalue weighted by atomic mass is 19.1. The van der Waals surface area contributed by atoms with Crippen LogP contribution in [0.15, 0.2) is 53.6 Å². The summed E-state index contributed by atoms with van der Waals surface area (Å²) in [6.07, 6.45) is 1.75. The number of piperidine rings is 1. The number of carbonyl (C=O) groups excluding carboxylic acids is 2. The van der Waals surface area contributed by atoms with Gasteiger partial charge in [0.2, 0.25) is 0 Å². The number of benzene rings is 2. The second-order valence-electron chi connectivity index (χ2n) is 8.56. The molecule has 7 nitrogen and oxygen atoms in total. The summed E-state index contributed by atoms with van der Waals surface area (Å²) in [5.41, 5.74) is 1.87. The summed E-state index contributed by atoms with van der Waals surface area (Å²) >= 11 is 0. The molecule has 0 radical (unpaired) electrons. The normalized spacial score (nSPS) is 19.1. The maximum absolute atomic E-state index is 14.5. The lowest BCUT2D eigenvalue weighted by atomic mass is 9.96. The average molecular weight is 468 g/mol. The van der Waals surface area contributed by atoms with Gasteiger partial charge in [-0.3, -0.25) is 14.5 Å². The second-order valence-corrected chi connectivity index (χ2v) is 8.56. The number of hydrazone groups is 1. The van der Waals surface area contributed by atoms with Gasteiger partial charge < -0.3 is 9.47 Å². The minimum atomic E-state index is -0.356. The largest absolute Gasteiger partial charge is 0.497 e. The number of esters is 1. The summed E-state index contributed by atoms with van der Waals surface area (Å²) in [5.74, 6) is -0.0614. The molecule has 2 aromatic rings. The average Bonchev–Trinajstić information content (AvgIpc) is 3.30. The van der Waals surface area contributed by atoms with Gasteiger partial charge in [0.05, 0.1) is 37.9 Å². The first-order chi connectivity index (χ1) is 16.5. The van der Waals surface area contributed by atoms with Crippen LogP contribution < -0.4 is 4.74 Å². The molecule has 0 aliphatic carbocycles. The molecule has 2 aliphatic heterocycles. The Balaban J connectivity index is 1.50. The van der Waals surface area contributed by atoms with Gasteiger partial charge in [0, 0.05) is 12.0 Å². The van der Waals surface area contributed by atoms with Gasteiger partial charge in [-0.25, -0.2) is 9.40 Å². The lowest BCUT2D eigenvalue weighted by molar-refractivity contribution is -0.149. The smallest absolute Gasteiger partial charge is 0.309 e. The van der Waals surface area contributed by atoms with Crippen LogP contribution in [0.25, 0.3) is 0 Å². The summed E-state index contributed by atoms with van der Waals surface area (Å²) in [5, 5.41) is 6.07. The molecule has 0 bridgehead atoms. The SMILES string of the molecule is CCOC(=O)C1CCN(CC(=O)N2N=C(c3ccccc3F)C[C@H]2c2ccc(OC)cc2)CC1. The summed E-state index contributed by atoms with van der Waals surface area (Å²) in [7, 11) is 1.60. The van der Waals surface area contributed by atoms with E-state index in [0.717, 1.165) is 11.3 Å². The van der Waals surface area contributed by atoms with Gasteiger partial charge in [-0.2, -0.15) is 5.10 Å². The first kappa shape index (κ1) is 23.9. The minimum Gasteiger partial charge on any atom is -0.497 e. The topological polar surface area (TPSA) is 71.4 Å². The second kappa shape index (κ2) is 10.8. The fraction of sp³-hybridized carbons (Fsp3) is 0.423. The quantitative estimate of drug-likeness (QED) is 0.580. The van der Waals surface area contributed by atoms with E-state index < -0.39 is 0 Å². The number of methoxy groups -OCH3 is 1. The summed E-state index contributed by atoms with van der Waals surface area (Å²) in [6, 6.07) is 13.7. The minimum absolute atomic E-state index is 0.115. The Labute approximate surface area is 199 Å². The highest BCUT2D eigenvalue weighted by Crippen LogP contribution is 2.34. The molecule has 0 spiro atoms. The molecule has 34 heavy (non-hydrogen) atoms. The molecular formula is C26H30FN3O4. The van der Waals surface area contributed by atoms with E-state index in [2.05, 4.69) is 5.10 Å². The van der Waals surface area contributed by atoms with Crippen molar-refractivity contribution >= 4 is 17.6 Å². The summed E-state index contributed by atoms with van der Waals surface area (Å²) < 4.78 is 24.9. The van der Waals surface area contributed by atoms with E-state index in [9.17, 15) is 14.0 Å². The van der Waals surface area contributed by atoms with E-state index in [1.54, 1.807) is 32.2 Å². The van der Waals surface area contributed by atoms with Crippen molar-refractivity contribution < 1.29 is 23.5 Å². The molecule has 2 aliphatic rings. The summed E-state index contributed by atoms with van der Waals surface area (Å²) in [4.78, 5) is 27.4. The van der Waals surface area contributed by atoms with Gasteiger partial charge in [-0.1, -0.05) is 30.3 Å². The molecule has 4 rings (SSSR count). The number of likely N-dealkylation sites (tertiary alicyclic amines) is 1. The fourth-order valence-corrected chi connectivity index (χ4v) is 4.53. The fourth-order valence-electron chi connectivity index (χ4n) is 4.53. The summed E-state index contributed by atoms with van der Waals surface area (Å²) in [6.45, 7) is 3.65. The first-order valence-electron chi connectivity index (χ1n) is 11.7. The van der Waals surface area contributed by atoms with Crippen molar-refractivity contribution in [1.82, 2.24) is 9.91 Å². The highest BCUT2D eigenvalue weighted by molar-refractivity contribution is 6.03. The molecule has 0 saturated carbocycles. The van der Waals surface area contributed by atoms with Crippen LogP contribution in [0.5, 0.6) is 5.75 Å². The number of carbonyl (C=O) groups is 2. The third kappa shape index (κ3) is 5.28. The van der Waals surface area contributed by atoms with Crippen molar-refractivity contribution in [3.63, 3.8) is 0 Å². The van der Waals surface area contributed by atoms with Gasteiger partial charge in [-0.05, 0) is 56.6 Å². The lowest BCUT2D eigenvalue weighted by Crippen LogP contribution is -2.43. The predicted molar refractivity (Wildman–Crippen MR) is 126 cm³/mol. The number of hydrogen-bond acceptors (Lipinski definition) is 6. The maximum atomic E-state index is 14.5. The van der Waals surface area contributed by atoms with Crippen LogP contribution in [0.4, 0.5) is 4.39 Å². The van der Waals surface area contributed by atoms with Crippen molar-refractivity contribution in [2.75, 3.05) is 33.4 Å². The Hall–Kier alpha value is -3.26. The van der Waals surface area contributed by atoms with Gasteiger partial charge in [0.25, 0.3) is 5.91 Å². The molecule has 8 heteroatoms. The Bertz CT molecular complexity index is 1050. The van der Waals surface area contributed by atoms with Gasteiger partial charge in [0.1, 0.15) is 11.6 Å². The van der Waals surface area contributed by atoms with Crippen LogP contribution >= 0.6 is 0 Å². The van der Waals surface area contributed by atoms with Crippen molar-refractivity contribution in [2.45, 2.75) is 32.2 Å². The number of halogens is 1. The molecule has 2 aromatic carbocycles. The number of ether oxygens (including phenoxy) is 2. The van der Waals surface area contributed by atoms with E-state index >= 15 is 0 Å². The molecule has 0 N–H and O–H groups in total. The molecule has 1 atom stereocenters. The van der Waals surface area contributed by atoms with Crippen LogP contribution in [0.3, 0.4) is 0 Å². The van der Waals surface area contributed by atoms with Crippen LogP contribution in [0.1, 0.15) is 43.4 Å². The van der Waals surface area contributed by atoms with Gasteiger partial charge >= 0.3 is 5.97 Å². The van der Waals surface area contributed by atoms with Gasteiger partial charge in [-0.15, -0.1) is 0 Å².